The van der Waals surface area contributed by atoms with Crippen molar-refractivity contribution in [1.29, 1.82) is 0 Å². The first-order chi connectivity index (χ1) is 7.24. The van der Waals surface area contributed by atoms with Gasteiger partial charge in [-0.25, -0.2) is 4.98 Å². The van der Waals surface area contributed by atoms with Gasteiger partial charge in [0, 0.05) is 11.8 Å². The first-order valence-electron chi connectivity index (χ1n) is 5.34. The van der Waals surface area contributed by atoms with E-state index in [9.17, 15) is 0 Å². The van der Waals surface area contributed by atoms with Crippen LogP contribution in [0.1, 0.15) is 32.1 Å². The quantitative estimate of drug-likeness (QED) is 0.789. The predicted molar refractivity (Wildman–Crippen MR) is 61.2 cm³/mol. The van der Waals surface area contributed by atoms with Crippen LogP contribution in [-0.2, 0) is 0 Å². The normalized spacial score (nSPS) is 17.7. The summed E-state index contributed by atoms with van der Waals surface area (Å²) in [5, 5.41) is 0.390. The van der Waals surface area contributed by atoms with Crippen LogP contribution in [0.25, 0.3) is 0 Å². The lowest BCUT2D eigenvalue weighted by molar-refractivity contribution is 0.149. The lowest BCUT2D eigenvalue weighted by Crippen LogP contribution is -2.20. The SMILES string of the molecule is Nc1cc(Cl)nc(OC2CCCCC2)c1. The molecule has 0 bridgehead atoms. The molecule has 0 radical (unpaired) electrons. The fourth-order valence-corrected chi connectivity index (χ4v) is 2.11. The maximum Gasteiger partial charge on any atom is 0.217 e. The standard InChI is InChI=1S/C11H15ClN2O/c12-10-6-8(13)7-11(14-10)15-9-4-2-1-3-5-9/h6-7,9H,1-5H2,(H2,13,14). The van der Waals surface area contributed by atoms with Gasteiger partial charge in [-0.1, -0.05) is 18.0 Å². The van der Waals surface area contributed by atoms with Crippen molar-refractivity contribution in [3.05, 3.63) is 17.3 Å². The summed E-state index contributed by atoms with van der Waals surface area (Å²) < 4.78 is 5.74. The van der Waals surface area contributed by atoms with Gasteiger partial charge in [-0.15, -0.1) is 0 Å². The Morgan fingerprint density at radius 2 is 2.00 bits per heavy atom. The molecule has 15 heavy (non-hydrogen) atoms. The zero-order chi connectivity index (χ0) is 10.7. The summed E-state index contributed by atoms with van der Waals surface area (Å²) in [6.45, 7) is 0. The second kappa shape index (κ2) is 4.71. The Labute approximate surface area is 94.6 Å². The van der Waals surface area contributed by atoms with Gasteiger partial charge in [0.05, 0.1) is 0 Å². The Bertz CT molecular complexity index is 317. The molecular weight excluding hydrogens is 212 g/mol. The molecule has 4 heteroatoms. The van der Waals surface area contributed by atoms with Gasteiger partial charge in [0.25, 0.3) is 0 Å². The third kappa shape index (κ3) is 2.99. The lowest BCUT2D eigenvalue weighted by Gasteiger charge is -2.22. The number of halogens is 1. The van der Waals surface area contributed by atoms with E-state index >= 15 is 0 Å². The molecule has 1 aromatic rings. The van der Waals surface area contributed by atoms with E-state index in [1.165, 1.54) is 19.3 Å². The van der Waals surface area contributed by atoms with Crippen LogP contribution in [0.15, 0.2) is 12.1 Å². The van der Waals surface area contributed by atoms with E-state index in [1.54, 1.807) is 12.1 Å². The second-order valence-electron chi connectivity index (χ2n) is 3.94. The number of nitrogens with two attached hydrogens (primary N) is 1. The Balaban J connectivity index is 2.02. The lowest BCUT2D eigenvalue weighted by atomic mass is 9.98. The zero-order valence-electron chi connectivity index (χ0n) is 8.58. The van der Waals surface area contributed by atoms with E-state index in [2.05, 4.69) is 4.98 Å². The summed E-state index contributed by atoms with van der Waals surface area (Å²) in [4.78, 5) is 4.09. The van der Waals surface area contributed by atoms with Crippen molar-refractivity contribution in [2.75, 3.05) is 5.73 Å². The van der Waals surface area contributed by atoms with Crippen LogP contribution in [0.4, 0.5) is 5.69 Å². The second-order valence-corrected chi connectivity index (χ2v) is 4.33. The van der Waals surface area contributed by atoms with Crippen LogP contribution in [-0.4, -0.2) is 11.1 Å². The summed E-state index contributed by atoms with van der Waals surface area (Å²) in [6, 6.07) is 3.34. The van der Waals surface area contributed by atoms with E-state index in [0.717, 1.165) is 12.8 Å². The number of anilines is 1. The monoisotopic (exact) mass is 226 g/mol. The van der Waals surface area contributed by atoms with E-state index in [0.29, 0.717) is 16.7 Å². The Morgan fingerprint density at radius 3 is 2.67 bits per heavy atom. The van der Waals surface area contributed by atoms with Gasteiger partial charge in [-0.3, -0.25) is 0 Å². The molecule has 1 aliphatic carbocycles. The molecule has 1 fully saturated rings. The van der Waals surface area contributed by atoms with Crippen molar-refractivity contribution < 1.29 is 4.74 Å². The Morgan fingerprint density at radius 1 is 1.27 bits per heavy atom. The maximum atomic E-state index is 5.80. The molecule has 1 saturated carbocycles. The molecule has 0 atom stereocenters. The summed E-state index contributed by atoms with van der Waals surface area (Å²) in [6.07, 6.45) is 6.28. The molecule has 0 spiro atoms. The average Bonchev–Trinajstić information content (AvgIpc) is 2.17. The average molecular weight is 227 g/mol. The summed E-state index contributed by atoms with van der Waals surface area (Å²) in [7, 11) is 0. The predicted octanol–water partition coefficient (Wildman–Crippen LogP) is 3.03. The third-order valence-corrected chi connectivity index (χ3v) is 2.83. The third-order valence-electron chi connectivity index (χ3n) is 2.63. The van der Waals surface area contributed by atoms with Crippen LogP contribution in [0.3, 0.4) is 0 Å². The molecule has 82 valence electrons. The summed E-state index contributed by atoms with van der Waals surface area (Å²) >= 11 is 5.80. The van der Waals surface area contributed by atoms with Crippen molar-refractivity contribution in [2.45, 2.75) is 38.2 Å². The largest absolute Gasteiger partial charge is 0.474 e. The highest BCUT2D eigenvalue weighted by molar-refractivity contribution is 6.29. The Kier molecular flexibility index (Phi) is 3.31. The maximum absolute atomic E-state index is 5.80. The minimum atomic E-state index is 0.282. The van der Waals surface area contributed by atoms with Crippen molar-refractivity contribution in [2.24, 2.45) is 0 Å². The van der Waals surface area contributed by atoms with Crippen LogP contribution < -0.4 is 10.5 Å². The van der Waals surface area contributed by atoms with Gasteiger partial charge in [-0.05, 0) is 31.7 Å². The molecule has 2 N–H and O–H groups in total. The van der Waals surface area contributed by atoms with Crippen molar-refractivity contribution in [3.63, 3.8) is 0 Å². The molecule has 0 saturated heterocycles. The molecule has 1 aromatic heterocycles. The van der Waals surface area contributed by atoms with Gasteiger partial charge in [0.2, 0.25) is 5.88 Å². The first kappa shape index (κ1) is 10.6. The highest BCUT2D eigenvalue weighted by atomic mass is 35.5. The minimum Gasteiger partial charge on any atom is -0.474 e. The van der Waals surface area contributed by atoms with E-state index in [4.69, 9.17) is 22.1 Å². The molecule has 3 nitrogen and oxygen atoms in total. The number of rotatable bonds is 2. The molecule has 0 amide bonds. The number of nitrogens with zero attached hydrogens (tertiary/aromatic N) is 1. The van der Waals surface area contributed by atoms with Crippen LogP contribution in [0, 0.1) is 0 Å². The highest BCUT2D eigenvalue weighted by Gasteiger charge is 2.15. The number of pyridine rings is 1. The topological polar surface area (TPSA) is 48.1 Å². The smallest absolute Gasteiger partial charge is 0.217 e. The van der Waals surface area contributed by atoms with Gasteiger partial charge < -0.3 is 10.5 Å². The van der Waals surface area contributed by atoms with Gasteiger partial charge in [0.1, 0.15) is 11.3 Å². The summed E-state index contributed by atoms with van der Waals surface area (Å²) in [5.41, 5.74) is 6.26. The molecular formula is C11H15ClN2O. The molecule has 1 heterocycles. The van der Waals surface area contributed by atoms with Crippen LogP contribution in [0.2, 0.25) is 5.15 Å². The van der Waals surface area contributed by atoms with Gasteiger partial charge in [0.15, 0.2) is 0 Å². The van der Waals surface area contributed by atoms with Gasteiger partial charge >= 0.3 is 0 Å². The number of nitrogen functional groups attached to an aromatic ring is 1. The fraction of sp³-hybridized carbons (Fsp3) is 0.545. The fourth-order valence-electron chi connectivity index (χ4n) is 1.91. The molecule has 1 aliphatic rings. The minimum absolute atomic E-state index is 0.282. The first-order valence-corrected chi connectivity index (χ1v) is 5.71. The number of ether oxygens (including phenoxy) is 1. The molecule has 0 aliphatic heterocycles. The van der Waals surface area contributed by atoms with Crippen LogP contribution in [0.5, 0.6) is 5.88 Å². The van der Waals surface area contributed by atoms with Crippen molar-refractivity contribution in [1.82, 2.24) is 4.98 Å². The van der Waals surface area contributed by atoms with Crippen molar-refractivity contribution in [3.8, 4) is 5.88 Å². The van der Waals surface area contributed by atoms with Gasteiger partial charge in [-0.2, -0.15) is 0 Å². The highest BCUT2D eigenvalue weighted by Crippen LogP contribution is 2.24. The number of aromatic nitrogens is 1. The van der Waals surface area contributed by atoms with Crippen molar-refractivity contribution >= 4 is 17.3 Å². The number of hydrogen-bond acceptors (Lipinski definition) is 3. The summed E-state index contributed by atoms with van der Waals surface area (Å²) in [5.74, 6) is 0.548. The van der Waals surface area contributed by atoms with E-state index in [1.807, 2.05) is 0 Å². The number of hydrogen-bond donors (Lipinski definition) is 1. The molecule has 0 aromatic carbocycles. The molecule has 2 rings (SSSR count). The Hall–Kier alpha value is -0.960. The van der Waals surface area contributed by atoms with E-state index < -0.39 is 0 Å². The van der Waals surface area contributed by atoms with E-state index in [-0.39, 0.29) is 6.10 Å². The van der Waals surface area contributed by atoms with Crippen LogP contribution >= 0.6 is 11.6 Å². The molecule has 0 unspecified atom stereocenters. The zero-order valence-corrected chi connectivity index (χ0v) is 9.33.